The zero-order valence-electron chi connectivity index (χ0n) is 10.7. The van der Waals surface area contributed by atoms with Crippen LogP contribution in [0.1, 0.15) is 23.0 Å². The highest BCUT2D eigenvalue weighted by Gasteiger charge is 2.20. The van der Waals surface area contributed by atoms with Gasteiger partial charge in [-0.2, -0.15) is 11.3 Å². The molecule has 1 N–H and O–H groups in total. The summed E-state index contributed by atoms with van der Waals surface area (Å²) in [5.41, 5.74) is 1.39. The van der Waals surface area contributed by atoms with Gasteiger partial charge < -0.3 is 10.1 Å². The van der Waals surface area contributed by atoms with Crippen molar-refractivity contribution in [3.63, 3.8) is 0 Å². The zero-order valence-corrected chi connectivity index (χ0v) is 12.4. The first kappa shape index (κ1) is 13.2. The molecule has 3 heterocycles. The summed E-state index contributed by atoms with van der Waals surface area (Å²) in [6, 6.07) is 2.53. The number of rotatable bonds is 6. The molecule has 2 aromatic rings. The number of hydrogen-bond acceptors (Lipinski definition) is 5. The van der Waals surface area contributed by atoms with E-state index in [1.165, 1.54) is 17.0 Å². The minimum atomic E-state index is 0.329. The molecule has 0 unspecified atom stereocenters. The van der Waals surface area contributed by atoms with Gasteiger partial charge in [0.1, 0.15) is 5.01 Å². The smallest absolute Gasteiger partial charge is 0.110 e. The highest BCUT2D eigenvalue weighted by atomic mass is 32.1. The number of aromatic nitrogens is 1. The molecule has 0 aliphatic carbocycles. The molecule has 0 amide bonds. The van der Waals surface area contributed by atoms with Crippen molar-refractivity contribution >= 4 is 22.7 Å². The molecule has 1 saturated heterocycles. The molecular formula is C14H18N2OS2. The lowest BCUT2D eigenvalue weighted by molar-refractivity contribution is 0.184. The van der Waals surface area contributed by atoms with Gasteiger partial charge in [0.25, 0.3) is 0 Å². The second kappa shape index (κ2) is 6.61. The maximum absolute atomic E-state index is 5.43. The maximum atomic E-state index is 5.43. The fourth-order valence-electron chi connectivity index (χ4n) is 2.35. The quantitative estimate of drug-likeness (QED) is 0.889. The van der Waals surface area contributed by atoms with Gasteiger partial charge in [0.05, 0.1) is 12.6 Å². The molecule has 1 fully saturated rings. The summed E-state index contributed by atoms with van der Waals surface area (Å²) in [6.07, 6.45) is 4.08. The molecule has 5 heteroatoms. The molecule has 0 radical (unpaired) electrons. The minimum absolute atomic E-state index is 0.329. The lowest BCUT2D eigenvalue weighted by atomic mass is 10.1. The molecule has 1 aliphatic rings. The van der Waals surface area contributed by atoms with E-state index >= 15 is 0 Å². The van der Waals surface area contributed by atoms with Gasteiger partial charge in [0.2, 0.25) is 0 Å². The summed E-state index contributed by atoms with van der Waals surface area (Å²) in [5, 5.41) is 11.3. The van der Waals surface area contributed by atoms with Crippen molar-refractivity contribution in [3.05, 3.63) is 39.0 Å². The number of hydrogen-bond donors (Lipinski definition) is 1. The summed E-state index contributed by atoms with van der Waals surface area (Å²) in [7, 11) is 0. The van der Waals surface area contributed by atoms with Crippen molar-refractivity contribution in [3.8, 4) is 0 Å². The monoisotopic (exact) mass is 294 g/mol. The van der Waals surface area contributed by atoms with Crippen LogP contribution >= 0.6 is 22.7 Å². The van der Waals surface area contributed by atoms with Crippen LogP contribution < -0.4 is 5.32 Å². The highest BCUT2D eigenvalue weighted by Crippen LogP contribution is 2.22. The van der Waals surface area contributed by atoms with Crippen LogP contribution in [0.5, 0.6) is 0 Å². The second-order valence-electron chi connectivity index (χ2n) is 4.90. The lowest BCUT2D eigenvalue weighted by Crippen LogP contribution is -2.29. The minimum Gasteiger partial charge on any atom is -0.381 e. The van der Waals surface area contributed by atoms with Crippen molar-refractivity contribution < 1.29 is 4.74 Å². The van der Waals surface area contributed by atoms with Gasteiger partial charge in [0, 0.05) is 24.7 Å². The fourth-order valence-corrected chi connectivity index (χ4v) is 3.75. The Morgan fingerprint density at radius 2 is 2.47 bits per heavy atom. The van der Waals surface area contributed by atoms with E-state index in [0.717, 1.165) is 26.2 Å². The molecule has 0 bridgehead atoms. The first-order valence-corrected chi connectivity index (χ1v) is 8.45. The summed E-state index contributed by atoms with van der Waals surface area (Å²) in [4.78, 5) is 4.47. The van der Waals surface area contributed by atoms with Crippen LogP contribution in [-0.4, -0.2) is 24.7 Å². The molecular weight excluding hydrogens is 276 g/mol. The molecule has 19 heavy (non-hydrogen) atoms. The summed E-state index contributed by atoms with van der Waals surface area (Å²) in [5.74, 6) is 0.657. The van der Waals surface area contributed by atoms with Crippen molar-refractivity contribution in [2.45, 2.75) is 18.9 Å². The number of nitrogens with zero attached hydrogens (tertiary/aromatic N) is 1. The molecule has 2 aromatic heterocycles. The van der Waals surface area contributed by atoms with Crippen LogP contribution in [0.2, 0.25) is 0 Å². The lowest BCUT2D eigenvalue weighted by Gasteiger charge is -2.18. The van der Waals surface area contributed by atoms with E-state index in [1.807, 2.05) is 6.20 Å². The zero-order chi connectivity index (χ0) is 12.9. The Hall–Kier alpha value is -0.750. The van der Waals surface area contributed by atoms with Gasteiger partial charge in [-0.1, -0.05) is 0 Å². The Labute approximate surface area is 121 Å². The van der Waals surface area contributed by atoms with Gasteiger partial charge in [-0.25, -0.2) is 4.98 Å². The van der Waals surface area contributed by atoms with E-state index in [-0.39, 0.29) is 0 Å². The first-order valence-electron chi connectivity index (χ1n) is 6.63. The van der Waals surface area contributed by atoms with Gasteiger partial charge in [-0.3, -0.25) is 0 Å². The van der Waals surface area contributed by atoms with E-state index < -0.39 is 0 Å². The molecule has 0 aromatic carbocycles. The van der Waals surface area contributed by atoms with E-state index in [0.29, 0.717) is 12.0 Å². The largest absolute Gasteiger partial charge is 0.381 e. The van der Waals surface area contributed by atoms with Gasteiger partial charge in [-0.15, -0.1) is 11.3 Å². The number of thiazole rings is 1. The molecule has 3 nitrogen and oxygen atoms in total. The van der Waals surface area contributed by atoms with Crippen molar-refractivity contribution in [2.24, 2.45) is 5.92 Å². The van der Waals surface area contributed by atoms with Crippen LogP contribution in [0.4, 0.5) is 0 Å². The molecule has 1 aliphatic heterocycles. The van der Waals surface area contributed by atoms with E-state index in [1.54, 1.807) is 22.7 Å². The fraction of sp³-hybridized carbons (Fsp3) is 0.500. The Kier molecular flexibility index (Phi) is 4.61. The third-order valence-electron chi connectivity index (χ3n) is 3.45. The van der Waals surface area contributed by atoms with E-state index in [4.69, 9.17) is 4.74 Å². The van der Waals surface area contributed by atoms with Crippen LogP contribution in [0.15, 0.2) is 28.4 Å². The van der Waals surface area contributed by atoms with E-state index in [9.17, 15) is 0 Å². The van der Waals surface area contributed by atoms with Crippen LogP contribution in [-0.2, 0) is 11.2 Å². The van der Waals surface area contributed by atoms with Gasteiger partial charge >= 0.3 is 0 Å². The van der Waals surface area contributed by atoms with Crippen LogP contribution in [0.3, 0.4) is 0 Å². The summed E-state index contributed by atoms with van der Waals surface area (Å²) >= 11 is 3.49. The Bertz CT molecular complexity index is 464. The third-order valence-corrected chi connectivity index (χ3v) is 5.07. The molecule has 3 rings (SSSR count). The average Bonchev–Trinajstić information content (AvgIpc) is 3.15. The van der Waals surface area contributed by atoms with Crippen LogP contribution in [0, 0.1) is 5.92 Å². The predicted molar refractivity (Wildman–Crippen MR) is 79.8 cm³/mol. The summed E-state index contributed by atoms with van der Waals surface area (Å²) in [6.45, 7) is 2.84. The normalized spacial score (nSPS) is 20.7. The Balaban J connectivity index is 1.62. The summed E-state index contributed by atoms with van der Waals surface area (Å²) < 4.78 is 5.43. The number of thiophene rings is 1. The number of ether oxygens (including phenoxy) is 1. The molecule has 102 valence electrons. The first-order chi connectivity index (χ1) is 9.42. The average molecular weight is 294 g/mol. The molecule has 0 saturated carbocycles. The Morgan fingerprint density at radius 1 is 1.47 bits per heavy atom. The third kappa shape index (κ3) is 3.63. The van der Waals surface area contributed by atoms with Crippen molar-refractivity contribution in [1.29, 1.82) is 0 Å². The van der Waals surface area contributed by atoms with Gasteiger partial charge in [0.15, 0.2) is 0 Å². The topological polar surface area (TPSA) is 34.1 Å². The maximum Gasteiger partial charge on any atom is 0.110 e. The number of nitrogens with one attached hydrogen (secondary N) is 1. The molecule has 2 atom stereocenters. The van der Waals surface area contributed by atoms with Crippen LogP contribution in [0.25, 0.3) is 0 Å². The van der Waals surface area contributed by atoms with Gasteiger partial charge in [-0.05, 0) is 41.1 Å². The predicted octanol–water partition coefficient (Wildman–Crippen LogP) is 3.11. The highest BCUT2D eigenvalue weighted by molar-refractivity contribution is 7.09. The van der Waals surface area contributed by atoms with E-state index in [2.05, 4.69) is 32.5 Å². The Morgan fingerprint density at radius 3 is 3.16 bits per heavy atom. The SMILES string of the molecule is c1csc([C@H](Cc2ccsc2)NC[C@H]2CCOC2)n1. The molecule has 0 spiro atoms. The standard InChI is InChI=1S/C14H18N2OS2/c1-4-17-9-12(1)8-16-13(14-15-3-6-19-14)7-11-2-5-18-10-11/h2-3,5-6,10,12-13,16H,1,4,7-9H2/t12-,13+/m1/s1. The second-order valence-corrected chi connectivity index (χ2v) is 6.60. The van der Waals surface area contributed by atoms with Crippen molar-refractivity contribution in [2.75, 3.05) is 19.8 Å². The van der Waals surface area contributed by atoms with Crippen molar-refractivity contribution in [1.82, 2.24) is 10.3 Å².